The summed E-state index contributed by atoms with van der Waals surface area (Å²) in [5.74, 6) is 0.126. The molecule has 2 aromatic rings. The molecule has 3 fully saturated rings. The summed E-state index contributed by atoms with van der Waals surface area (Å²) in [6.45, 7) is 1.67. The first-order valence-electron chi connectivity index (χ1n) is 9.40. The number of amides is 2. The first-order chi connectivity index (χ1) is 13.6. The van der Waals surface area contributed by atoms with Crippen molar-refractivity contribution in [3.63, 3.8) is 0 Å². The number of halogens is 1. The van der Waals surface area contributed by atoms with E-state index in [2.05, 4.69) is 25.9 Å². The number of ether oxygens (including phenoxy) is 1. The molecule has 3 aliphatic heterocycles. The van der Waals surface area contributed by atoms with E-state index < -0.39 is 12.0 Å². The summed E-state index contributed by atoms with van der Waals surface area (Å²) in [5.41, 5.74) is 1.66. The Morgan fingerprint density at radius 2 is 1.68 bits per heavy atom. The summed E-state index contributed by atoms with van der Waals surface area (Å²) in [7, 11) is 1.64. The van der Waals surface area contributed by atoms with Gasteiger partial charge in [-0.1, -0.05) is 34.1 Å². The number of anilines is 1. The van der Waals surface area contributed by atoms with E-state index in [-0.39, 0.29) is 17.9 Å². The Bertz CT molecular complexity index is 948. The van der Waals surface area contributed by atoms with Crippen molar-refractivity contribution in [3.8, 4) is 5.75 Å². The number of methoxy groups -OCH3 is 1. The standard InChI is InChI=1S/C21H20BrN3O3/c1-28-16-8-6-13(7-9-16)18-17-19(24-11-3-10-23(18)24)21(27)25(20(17)26)15-5-2-4-14(22)12-15/h2,4-9,12,17-19H,3,10-11H2,1H3/t17-,18+,19+/m1/s1. The van der Waals surface area contributed by atoms with Crippen LogP contribution in [-0.4, -0.2) is 48.1 Å². The molecule has 7 heteroatoms. The smallest absolute Gasteiger partial charge is 0.253 e. The van der Waals surface area contributed by atoms with Crippen molar-refractivity contribution in [2.45, 2.75) is 18.5 Å². The fourth-order valence-electron chi connectivity index (χ4n) is 4.78. The Morgan fingerprint density at radius 1 is 0.964 bits per heavy atom. The summed E-state index contributed by atoms with van der Waals surface area (Å²) in [5, 5.41) is 4.32. The minimum Gasteiger partial charge on any atom is -0.497 e. The van der Waals surface area contributed by atoms with Gasteiger partial charge in [-0.2, -0.15) is 0 Å². The molecule has 0 bridgehead atoms. The van der Waals surface area contributed by atoms with Gasteiger partial charge >= 0.3 is 0 Å². The SMILES string of the molecule is COc1ccc([C@H]2[C@H]3C(=O)N(c4cccc(Br)c4)C(=O)[C@H]3N3CCCN23)cc1. The molecular formula is C21H20BrN3O3. The number of carbonyl (C=O) groups is 2. The Hall–Kier alpha value is -2.22. The van der Waals surface area contributed by atoms with Crippen LogP contribution in [0.15, 0.2) is 53.0 Å². The van der Waals surface area contributed by atoms with Crippen molar-refractivity contribution in [1.29, 1.82) is 0 Å². The van der Waals surface area contributed by atoms with Crippen LogP contribution in [0, 0.1) is 5.92 Å². The van der Waals surface area contributed by atoms with Crippen molar-refractivity contribution in [2.24, 2.45) is 5.92 Å². The fraction of sp³-hybridized carbons (Fsp3) is 0.333. The molecule has 0 spiro atoms. The number of carbonyl (C=O) groups excluding carboxylic acids is 2. The molecule has 0 saturated carbocycles. The first kappa shape index (κ1) is 17.8. The molecule has 6 nitrogen and oxygen atoms in total. The molecule has 3 aliphatic rings. The zero-order valence-electron chi connectivity index (χ0n) is 15.4. The van der Waals surface area contributed by atoms with E-state index in [1.807, 2.05) is 48.5 Å². The fourth-order valence-corrected chi connectivity index (χ4v) is 5.17. The van der Waals surface area contributed by atoms with Gasteiger partial charge in [0.05, 0.1) is 24.8 Å². The highest BCUT2D eigenvalue weighted by Crippen LogP contribution is 2.49. The van der Waals surface area contributed by atoms with Gasteiger partial charge in [-0.15, -0.1) is 0 Å². The monoisotopic (exact) mass is 441 g/mol. The largest absolute Gasteiger partial charge is 0.497 e. The number of hydrogen-bond acceptors (Lipinski definition) is 5. The van der Waals surface area contributed by atoms with E-state index in [0.717, 1.165) is 35.3 Å². The average molecular weight is 442 g/mol. The molecule has 3 atom stereocenters. The van der Waals surface area contributed by atoms with Crippen LogP contribution < -0.4 is 9.64 Å². The van der Waals surface area contributed by atoms with Gasteiger partial charge in [0, 0.05) is 17.6 Å². The van der Waals surface area contributed by atoms with Crippen molar-refractivity contribution in [3.05, 3.63) is 58.6 Å². The van der Waals surface area contributed by atoms with Crippen LogP contribution >= 0.6 is 15.9 Å². The van der Waals surface area contributed by atoms with E-state index in [9.17, 15) is 9.59 Å². The summed E-state index contributed by atoms with van der Waals surface area (Å²) < 4.78 is 6.12. The maximum absolute atomic E-state index is 13.5. The molecule has 144 valence electrons. The number of rotatable bonds is 3. The first-order valence-corrected chi connectivity index (χ1v) is 10.2. The van der Waals surface area contributed by atoms with Crippen molar-refractivity contribution < 1.29 is 14.3 Å². The summed E-state index contributed by atoms with van der Waals surface area (Å²) in [6.07, 6.45) is 0.994. The third-order valence-electron chi connectivity index (χ3n) is 5.93. The highest BCUT2D eigenvalue weighted by atomic mass is 79.9. The van der Waals surface area contributed by atoms with Crippen LogP contribution in [0.1, 0.15) is 18.0 Å². The van der Waals surface area contributed by atoms with Crippen molar-refractivity contribution in [2.75, 3.05) is 25.1 Å². The quantitative estimate of drug-likeness (QED) is 0.685. The molecule has 0 aliphatic carbocycles. The lowest BCUT2D eigenvalue weighted by Crippen LogP contribution is -2.44. The third kappa shape index (κ3) is 2.53. The van der Waals surface area contributed by atoms with Crippen LogP contribution in [0.25, 0.3) is 0 Å². The predicted octanol–water partition coefficient (Wildman–Crippen LogP) is 2.99. The topological polar surface area (TPSA) is 53.1 Å². The second-order valence-corrected chi connectivity index (χ2v) is 8.28. The number of hydrogen-bond donors (Lipinski definition) is 0. The van der Waals surface area contributed by atoms with Gasteiger partial charge in [-0.05, 0) is 42.3 Å². The number of imide groups is 1. The van der Waals surface area contributed by atoms with Crippen molar-refractivity contribution in [1.82, 2.24) is 10.0 Å². The molecule has 0 N–H and O–H groups in total. The predicted molar refractivity (Wildman–Crippen MR) is 108 cm³/mol. The Kier molecular flexibility index (Phi) is 4.26. The molecule has 0 aromatic heterocycles. The van der Waals surface area contributed by atoms with Gasteiger partial charge in [-0.3, -0.25) is 9.59 Å². The molecular weight excluding hydrogens is 422 g/mol. The molecule has 0 radical (unpaired) electrons. The average Bonchev–Trinajstić information content (AvgIpc) is 3.34. The Labute approximate surface area is 171 Å². The van der Waals surface area contributed by atoms with Crippen LogP contribution in [0.3, 0.4) is 0 Å². The second-order valence-electron chi connectivity index (χ2n) is 7.36. The maximum atomic E-state index is 13.5. The minimum atomic E-state index is -0.430. The summed E-state index contributed by atoms with van der Waals surface area (Å²) in [6, 6.07) is 14.6. The van der Waals surface area contributed by atoms with Crippen LogP contribution in [-0.2, 0) is 9.59 Å². The van der Waals surface area contributed by atoms with Crippen molar-refractivity contribution >= 4 is 33.4 Å². The zero-order valence-corrected chi connectivity index (χ0v) is 17.0. The lowest BCUT2D eigenvalue weighted by atomic mass is 9.90. The lowest BCUT2D eigenvalue weighted by Gasteiger charge is -2.29. The highest BCUT2D eigenvalue weighted by molar-refractivity contribution is 9.10. The van der Waals surface area contributed by atoms with Gasteiger partial charge in [0.15, 0.2) is 0 Å². The minimum absolute atomic E-state index is 0.122. The highest BCUT2D eigenvalue weighted by Gasteiger charge is 2.62. The van der Waals surface area contributed by atoms with Crippen LogP contribution in [0.4, 0.5) is 5.69 Å². The zero-order chi connectivity index (χ0) is 19.4. The van der Waals surface area contributed by atoms with E-state index >= 15 is 0 Å². The Morgan fingerprint density at radius 3 is 2.36 bits per heavy atom. The molecule has 3 saturated heterocycles. The summed E-state index contributed by atoms with van der Waals surface area (Å²) >= 11 is 3.44. The number of benzene rings is 2. The van der Waals surface area contributed by atoms with Gasteiger partial charge < -0.3 is 4.74 Å². The number of nitrogens with zero attached hydrogens (tertiary/aromatic N) is 3. The van der Waals surface area contributed by atoms with E-state index in [4.69, 9.17) is 4.74 Å². The molecule has 28 heavy (non-hydrogen) atoms. The van der Waals surface area contributed by atoms with E-state index in [1.165, 1.54) is 4.90 Å². The van der Waals surface area contributed by atoms with Gasteiger partial charge in [0.1, 0.15) is 11.8 Å². The van der Waals surface area contributed by atoms with Crippen LogP contribution in [0.5, 0.6) is 5.75 Å². The lowest BCUT2D eigenvalue weighted by molar-refractivity contribution is -0.126. The maximum Gasteiger partial charge on any atom is 0.253 e. The molecule has 0 unspecified atom stereocenters. The molecule has 5 rings (SSSR count). The normalized spacial score (nSPS) is 27.4. The van der Waals surface area contributed by atoms with E-state index in [0.29, 0.717) is 5.69 Å². The Balaban J connectivity index is 1.56. The van der Waals surface area contributed by atoms with E-state index in [1.54, 1.807) is 7.11 Å². The summed E-state index contributed by atoms with van der Waals surface area (Å²) in [4.78, 5) is 28.2. The number of hydrazine groups is 1. The molecule has 3 heterocycles. The van der Waals surface area contributed by atoms with Gasteiger partial charge in [0.2, 0.25) is 5.91 Å². The third-order valence-corrected chi connectivity index (χ3v) is 6.42. The van der Waals surface area contributed by atoms with Gasteiger partial charge in [-0.25, -0.2) is 14.9 Å². The van der Waals surface area contributed by atoms with Gasteiger partial charge in [0.25, 0.3) is 5.91 Å². The molecule has 2 amide bonds. The van der Waals surface area contributed by atoms with Crippen LogP contribution in [0.2, 0.25) is 0 Å². The number of fused-ring (bicyclic) bond motifs is 3. The molecule has 2 aromatic carbocycles. The second kappa shape index (κ2) is 6.69.